The van der Waals surface area contributed by atoms with E-state index in [1.54, 1.807) is 18.4 Å². The molecule has 0 bridgehead atoms. The quantitative estimate of drug-likeness (QED) is 0.398. The second kappa shape index (κ2) is 8.99. The number of thiazole rings is 1. The van der Waals surface area contributed by atoms with Crippen LogP contribution >= 0.6 is 11.3 Å². The Morgan fingerprint density at radius 1 is 1.09 bits per heavy atom. The first-order chi connectivity index (χ1) is 15.0. The van der Waals surface area contributed by atoms with Gasteiger partial charge in [0.05, 0.1) is 15.8 Å². The van der Waals surface area contributed by atoms with Crippen molar-refractivity contribution in [3.05, 3.63) is 53.7 Å². The van der Waals surface area contributed by atoms with E-state index in [1.165, 1.54) is 17.4 Å². The van der Waals surface area contributed by atoms with Crippen LogP contribution in [0.3, 0.4) is 0 Å². The van der Waals surface area contributed by atoms with Crippen molar-refractivity contribution < 1.29 is 33.0 Å². The molecular formula is C22H19F3N2O4S. The van der Waals surface area contributed by atoms with E-state index in [4.69, 9.17) is 5.11 Å². The maximum Gasteiger partial charge on any atom is 0.416 e. The molecule has 4 aromatic rings. The average Bonchev–Trinajstić information content (AvgIpc) is 3.25. The number of benzene rings is 2. The molecule has 10 heteroatoms. The third-order valence-corrected chi connectivity index (χ3v) is 5.81. The van der Waals surface area contributed by atoms with Gasteiger partial charge in [-0.3, -0.25) is 9.59 Å². The number of rotatable bonds is 4. The van der Waals surface area contributed by atoms with Crippen LogP contribution in [0.25, 0.3) is 31.7 Å². The summed E-state index contributed by atoms with van der Waals surface area (Å²) in [4.78, 5) is 25.0. The van der Waals surface area contributed by atoms with Crippen LogP contribution in [-0.2, 0) is 22.3 Å². The summed E-state index contributed by atoms with van der Waals surface area (Å²) in [6.07, 6.45) is -4.20. The second-order valence-corrected chi connectivity index (χ2v) is 7.93. The molecule has 0 spiro atoms. The molecule has 2 aromatic heterocycles. The zero-order valence-electron chi connectivity index (χ0n) is 17.1. The molecule has 2 heterocycles. The van der Waals surface area contributed by atoms with Crippen LogP contribution in [0.4, 0.5) is 13.2 Å². The monoisotopic (exact) mass is 464 g/mol. The van der Waals surface area contributed by atoms with Gasteiger partial charge >= 0.3 is 18.1 Å². The summed E-state index contributed by atoms with van der Waals surface area (Å²) in [5.74, 6) is -1.71. The van der Waals surface area contributed by atoms with Crippen LogP contribution < -0.4 is 0 Å². The van der Waals surface area contributed by atoms with E-state index in [-0.39, 0.29) is 18.5 Å². The fourth-order valence-corrected chi connectivity index (χ4v) is 4.31. The molecular weight excluding hydrogens is 445 g/mol. The minimum Gasteiger partial charge on any atom is -0.481 e. The molecule has 0 aliphatic carbocycles. The molecule has 0 amide bonds. The Kier molecular flexibility index (Phi) is 6.54. The summed E-state index contributed by atoms with van der Waals surface area (Å²) in [7, 11) is 0. The van der Waals surface area contributed by atoms with Gasteiger partial charge in [0.1, 0.15) is 11.6 Å². The fraction of sp³-hybridized carbons (Fsp3) is 0.227. The topological polar surface area (TPSA) is 92.4 Å². The molecule has 0 saturated heterocycles. The lowest BCUT2D eigenvalue weighted by atomic mass is 10.1. The standard InChI is InChI=1S/C19H13F3N2O2S.C3H6O2/c1-10-17(12-4-2-3-5-14(12)24(10)9-16(25)26)18-23-13-8-11(19(20,21)22)6-7-15(13)27-18;1-2-3(4)5/h2-8H,9H2,1H3,(H,25,26);2H2,1H3,(H,4,5). The maximum absolute atomic E-state index is 13.0. The van der Waals surface area contributed by atoms with Gasteiger partial charge in [0.25, 0.3) is 0 Å². The normalized spacial score (nSPS) is 11.4. The zero-order valence-corrected chi connectivity index (χ0v) is 17.9. The molecule has 4 rings (SSSR count). The highest BCUT2D eigenvalue weighted by molar-refractivity contribution is 7.21. The van der Waals surface area contributed by atoms with Crippen LogP contribution in [0.5, 0.6) is 0 Å². The Bertz CT molecular complexity index is 1310. The first-order valence-corrected chi connectivity index (χ1v) is 10.3. The maximum atomic E-state index is 13.0. The van der Waals surface area contributed by atoms with Crippen LogP contribution in [0.15, 0.2) is 42.5 Å². The summed E-state index contributed by atoms with van der Waals surface area (Å²) < 4.78 is 41.2. The van der Waals surface area contributed by atoms with Crippen LogP contribution in [-0.4, -0.2) is 31.7 Å². The Morgan fingerprint density at radius 2 is 1.75 bits per heavy atom. The lowest BCUT2D eigenvalue weighted by Crippen LogP contribution is -2.09. The van der Waals surface area contributed by atoms with E-state index in [9.17, 15) is 27.9 Å². The Hall–Kier alpha value is -3.40. The molecule has 2 N–H and O–H groups in total. The zero-order chi connectivity index (χ0) is 23.6. The molecule has 0 unspecified atom stereocenters. The predicted octanol–water partition coefficient (Wildman–Crippen LogP) is 5.81. The molecule has 0 fully saturated rings. The van der Waals surface area contributed by atoms with Crippen molar-refractivity contribution in [1.82, 2.24) is 9.55 Å². The highest BCUT2D eigenvalue weighted by atomic mass is 32.1. The number of carboxylic acid groups (broad SMARTS) is 2. The van der Waals surface area contributed by atoms with Crippen LogP contribution in [0.1, 0.15) is 24.6 Å². The number of halogens is 3. The Balaban J connectivity index is 0.000000523. The van der Waals surface area contributed by atoms with Crippen molar-refractivity contribution >= 4 is 44.4 Å². The van der Waals surface area contributed by atoms with E-state index in [0.717, 1.165) is 28.6 Å². The van der Waals surface area contributed by atoms with Gasteiger partial charge in [0.2, 0.25) is 0 Å². The number of fused-ring (bicyclic) bond motifs is 2. The van der Waals surface area contributed by atoms with Gasteiger partial charge in [-0.15, -0.1) is 11.3 Å². The molecule has 2 aromatic carbocycles. The third kappa shape index (κ3) is 4.75. The first-order valence-electron chi connectivity index (χ1n) is 9.52. The average molecular weight is 464 g/mol. The number of carbonyl (C=O) groups is 2. The van der Waals surface area contributed by atoms with Crippen LogP contribution in [0, 0.1) is 6.92 Å². The van der Waals surface area contributed by atoms with Crippen molar-refractivity contribution in [3.8, 4) is 10.6 Å². The van der Waals surface area contributed by atoms with E-state index in [0.29, 0.717) is 15.4 Å². The van der Waals surface area contributed by atoms with E-state index in [2.05, 4.69) is 4.98 Å². The summed E-state index contributed by atoms with van der Waals surface area (Å²) in [6.45, 7) is 3.20. The molecule has 0 aliphatic heterocycles. The number of carboxylic acids is 2. The number of para-hydroxylation sites is 1. The van der Waals surface area contributed by atoms with Gasteiger partial charge in [-0.25, -0.2) is 4.98 Å². The van der Waals surface area contributed by atoms with Gasteiger partial charge in [-0.2, -0.15) is 13.2 Å². The Morgan fingerprint density at radius 3 is 2.34 bits per heavy atom. The lowest BCUT2D eigenvalue weighted by Gasteiger charge is -2.04. The predicted molar refractivity (Wildman–Crippen MR) is 116 cm³/mol. The van der Waals surface area contributed by atoms with Gasteiger partial charge in [-0.05, 0) is 31.2 Å². The number of hydrogen-bond acceptors (Lipinski definition) is 4. The highest BCUT2D eigenvalue weighted by Gasteiger charge is 2.31. The van der Waals surface area contributed by atoms with E-state index >= 15 is 0 Å². The van der Waals surface area contributed by atoms with Crippen molar-refractivity contribution in [3.63, 3.8) is 0 Å². The number of hydrogen-bond donors (Lipinski definition) is 2. The minimum atomic E-state index is -4.43. The summed E-state index contributed by atoms with van der Waals surface area (Å²) in [6, 6.07) is 10.9. The highest BCUT2D eigenvalue weighted by Crippen LogP contribution is 2.40. The van der Waals surface area contributed by atoms with Crippen LogP contribution in [0.2, 0.25) is 0 Å². The number of nitrogens with zero attached hydrogens (tertiary/aromatic N) is 2. The van der Waals surface area contributed by atoms with Gasteiger partial charge in [0.15, 0.2) is 0 Å². The largest absolute Gasteiger partial charge is 0.481 e. The molecule has 0 aliphatic rings. The van der Waals surface area contributed by atoms with Gasteiger partial charge in [0, 0.05) is 28.6 Å². The van der Waals surface area contributed by atoms with Gasteiger partial charge in [-0.1, -0.05) is 25.1 Å². The molecule has 0 saturated carbocycles. The Labute approximate surface area is 184 Å². The summed E-state index contributed by atoms with van der Waals surface area (Å²) in [5.41, 5.74) is 1.76. The number of aliphatic carboxylic acids is 2. The molecule has 6 nitrogen and oxygen atoms in total. The second-order valence-electron chi connectivity index (χ2n) is 6.90. The van der Waals surface area contributed by atoms with Crippen molar-refractivity contribution in [2.75, 3.05) is 0 Å². The van der Waals surface area contributed by atoms with Crippen molar-refractivity contribution in [2.45, 2.75) is 33.0 Å². The number of alkyl halides is 3. The van der Waals surface area contributed by atoms with E-state index in [1.807, 2.05) is 24.3 Å². The summed E-state index contributed by atoms with van der Waals surface area (Å²) >= 11 is 1.29. The molecule has 32 heavy (non-hydrogen) atoms. The lowest BCUT2D eigenvalue weighted by molar-refractivity contribution is -0.138. The third-order valence-electron chi connectivity index (χ3n) is 4.76. The van der Waals surface area contributed by atoms with Crippen molar-refractivity contribution in [2.24, 2.45) is 0 Å². The molecule has 0 radical (unpaired) electrons. The number of aromatic nitrogens is 2. The van der Waals surface area contributed by atoms with Crippen molar-refractivity contribution in [1.29, 1.82) is 0 Å². The minimum absolute atomic E-state index is 0.199. The van der Waals surface area contributed by atoms with Gasteiger partial charge < -0.3 is 14.8 Å². The fourth-order valence-electron chi connectivity index (χ4n) is 3.25. The molecule has 168 valence electrons. The summed E-state index contributed by atoms with van der Waals surface area (Å²) in [5, 5.41) is 18.3. The smallest absolute Gasteiger partial charge is 0.416 e. The van der Waals surface area contributed by atoms with E-state index < -0.39 is 23.7 Å². The first kappa shape index (κ1) is 23.3. The SMILES string of the molecule is CCC(=O)O.Cc1c(-c2nc3cc(C(F)(F)F)ccc3s2)c2ccccc2n1CC(=O)O. The molecule has 0 atom stereocenters.